The number of hydrogen-bond acceptors (Lipinski definition) is 2. The van der Waals surface area contributed by atoms with Crippen molar-refractivity contribution >= 4 is 0 Å². The van der Waals surface area contributed by atoms with Crippen LogP contribution in [0.2, 0.25) is 0 Å². The minimum absolute atomic E-state index is 0.0925. The minimum Gasteiger partial charge on any atom is -0.396 e. The second kappa shape index (κ2) is 5.69. The summed E-state index contributed by atoms with van der Waals surface area (Å²) in [6.07, 6.45) is 2.34. The highest BCUT2D eigenvalue weighted by molar-refractivity contribution is 4.62. The first-order valence-electron chi connectivity index (χ1n) is 4.01. The van der Waals surface area contributed by atoms with E-state index in [0.717, 1.165) is 12.8 Å². The van der Waals surface area contributed by atoms with Gasteiger partial charge in [-0.05, 0) is 18.8 Å². The van der Waals surface area contributed by atoms with E-state index in [4.69, 9.17) is 5.11 Å². The molecule has 0 aromatic heterocycles. The Bertz CT molecular complexity index is 63.7. The van der Waals surface area contributed by atoms with Gasteiger partial charge in [0, 0.05) is 6.61 Å². The molecule has 0 heterocycles. The van der Waals surface area contributed by atoms with Crippen molar-refractivity contribution in [3.8, 4) is 0 Å². The van der Waals surface area contributed by atoms with Crippen molar-refractivity contribution in [1.82, 2.24) is 0 Å². The molecule has 2 atom stereocenters. The van der Waals surface area contributed by atoms with Crippen LogP contribution in [0.25, 0.3) is 0 Å². The zero-order valence-corrected chi connectivity index (χ0v) is 6.88. The van der Waals surface area contributed by atoms with Crippen molar-refractivity contribution in [2.45, 2.75) is 39.2 Å². The predicted octanol–water partition coefficient (Wildman–Crippen LogP) is 1.17. The third-order valence-electron chi connectivity index (χ3n) is 1.83. The van der Waals surface area contributed by atoms with E-state index >= 15 is 0 Å². The van der Waals surface area contributed by atoms with Gasteiger partial charge in [-0.15, -0.1) is 0 Å². The molecule has 0 aliphatic heterocycles. The molecule has 0 aromatic carbocycles. The van der Waals surface area contributed by atoms with E-state index in [1.165, 1.54) is 0 Å². The molecular formula is C8H18O2. The molecule has 0 aliphatic rings. The molecule has 2 nitrogen and oxygen atoms in total. The summed E-state index contributed by atoms with van der Waals surface area (Å²) in [5.74, 6) is 0.331. The molecule has 0 fully saturated rings. The standard InChI is InChI=1S/C8H18O2/c1-3-4-7(2)8(10)5-6-9/h7-10H,3-6H2,1-2H3. The molecule has 2 unspecified atom stereocenters. The summed E-state index contributed by atoms with van der Waals surface area (Å²) in [5, 5.41) is 17.8. The maximum absolute atomic E-state index is 9.29. The second-order valence-corrected chi connectivity index (χ2v) is 2.85. The molecule has 0 aromatic rings. The van der Waals surface area contributed by atoms with E-state index in [0.29, 0.717) is 12.3 Å². The summed E-state index contributed by atoms with van der Waals surface area (Å²) in [5.41, 5.74) is 0. The lowest BCUT2D eigenvalue weighted by molar-refractivity contribution is 0.0819. The van der Waals surface area contributed by atoms with E-state index < -0.39 is 0 Å². The Morgan fingerprint density at radius 1 is 1.30 bits per heavy atom. The van der Waals surface area contributed by atoms with Crippen LogP contribution in [-0.2, 0) is 0 Å². The molecule has 2 N–H and O–H groups in total. The Hall–Kier alpha value is -0.0800. The fourth-order valence-electron chi connectivity index (χ4n) is 1.06. The first-order chi connectivity index (χ1) is 4.72. The molecule has 0 bridgehead atoms. The van der Waals surface area contributed by atoms with Crippen LogP contribution in [0.4, 0.5) is 0 Å². The average Bonchev–Trinajstić information content (AvgIpc) is 1.89. The van der Waals surface area contributed by atoms with E-state index in [9.17, 15) is 5.11 Å². The number of aliphatic hydroxyl groups excluding tert-OH is 2. The third-order valence-corrected chi connectivity index (χ3v) is 1.83. The highest BCUT2D eigenvalue weighted by atomic mass is 16.3. The fraction of sp³-hybridized carbons (Fsp3) is 1.00. The summed E-state index contributed by atoms with van der Waals surface area (Å²) in [6.45, 7) is 4.21. The minimum atomic E-state index is -0.315. The normalized spacial score (nSPS) is 16.8. The summed E-state index contributed by atoms with van der Waals surface area (Å²) in [7, 11) is 0. The molecule has 10 heavy (non-hydrogen) atoms. The number of aliphatic hydroxyl groups is 2. The Labute approximate surface area is 62.9 Å². The number of hydrogen-bond donors (Lipinski definition) is 2. The Balaban J connectivity index is 3.38. The molecule has 0 rings (SSSR count). The summed E-state index contributed by atoms with van der Waals surface area (Å²) >= 11 is 0. The van der Waals surface area contributed by atoms with Crippen LogP contribution in [-0.4, -0.2) is 22.9 Å². The van der Waals surface area contributed by atoms with Gasteiger partial charge in [0.2, 0.25) is 0 Å². The molecule has 0 spiro atoms. The summed E-state index contributed by atoms with van der Waals surface area (Å²) in [4.78, 5) is 0. The lowest BCUT2D eigenvalue weighted by Gasteiger charge is -2.16. The van der Waals surface area contributed by atoms with Gasteiger partial charge in [0.15, 0.2) is 0 Å². The Morgan fingerprint density at radius 2 is 1.90 bits per heavy atom. The second-order valence-electron chi connectivity index (χ2n) is 2.85. The van der Waals surface area contributed by atoms with Crippen LogP contribution in [0, 0.1) is 5.92 Å². The first kappa shape index (κ1) is 9.92. The monoisotopic (exact) mass is 146 g/mol. The lowest BCUT2D eigenvalue weighted by Crippen LogP contribution is -2.18. The smallest absolute Gasteiger partial charge is 0.0587 e. The van der Waals surface area contributed by atoms with E-state index in [-0.39, 0.29) is 12.7 Å². The van der Waals surface area contributed by atoms with Crippen molar-refractivity contribution in [2.75, 3.05) is 6.61 Å². The SMILES string of the molecule is CCCC(C)C(O)CCO. The van der Waals surface area contributed by atoms with Crippen LogP contribution >= 0.6 is 0 Å². The van der Waals surface area contributed by atoms with Crippen LogP contribution < -0.4 is 0 Å². The Morgan fingerprint density at radius 3 is 2.30 bits per heavy atom. The van der Waals surface area contributed by atoms with Gasteiger partial charge < -0.3 is 10.2 Å². The Kier molecular flexibility index (Phi) is 5.64. The van der Waals surface area contributed by atoms with E-state index in [1.807, 2.05) is 6.92 Å². The molecule has 62 valence electrons. The maximum atomic E-state index is 9.29. The van der Waals surface area contributed by atoms with Gasteiger partial charge in [-0.25, -0.2) is 0 Å². The van der Waals surface area contributed by atoms with Gasteiger partial charge in [0.1, 0.15) is 0 Å². The topological polar surface area (TPSA) is 40.5 Å². The summed E-state index contributed by atoms with van der Waals surface area (Å²) in [6, 6.07) is 0. The van der Waals surface area contributed by atoms with Gasteiger partial charge in [0.05, 0.1) is 6.10 Å². The fourth-order valence-corrected chi connectivity index (χ4v) is 1.06. The average molecular weight is 146 g/mol. The predicted molar refractivity (Wildman–Crippen MR) is 41.8 cm³/mol. The molecule has 0 amide bonds. The lowest BCUT2D eigenvalue weighted by atomic mass is 9.97. The third kappa shape index (κ3) is 3.85. The first-order valence-corrected chi connectivity index (χ1v) is 4.01. The molecule has 0 aliphatic carbocycles. The van der Waals surface area contributed by atoms with Crippen LogP contribution in [0.1, 0.15) is 33.1 Å². The van der Waals surface area contributed by atoms with E-state index in [2.05, 4.69) is 6.92 Å². The zero-order chi connectivity index (χ0) is 7.98. The zero-order valence-electron chi connectivity index (χ0n) is 6.88. The largest absolute Gasteiger partial charge is 0.396 e. The van der Waals surface area contributed by atoms with Gasteiger partial charge in [0.25, 0.3) is 0 Å². The van der Waals surface area contributed by atoms with Crippen molar-refractivity contribution in [3.05, 3.63) is 0 Å². The van der Waals surface area contributed by atoms with Gasteiger partial charge >= 0.3 is 0 Å². The van der Waals surface area contributed by atoms with Crippen LogP contribution in [0.5, 0.6) is 0 Å². The highest BCUT2D eigenvalue weighted by Crippen LogP contribution is 2.12. The van der Waals surface area contributed by atoms with Gasteiger partial charge in [-0.3, -0.25) is 0 Å². The van der Waals surface area contributed by atoms with Gasteiger partial charge in [-0.2, -0.15) is 0 Å². The van der Waals surface area contributed by atoms with E-state index in [1.54, 1.807) is 0 Å². The van der Waals surface area contributed by atoms with Crippen LogP contribution in [0.3, 0.4) is 0 Å². The van der Waals surface area contributed by atoms with Crippen molar-refractivity contribution in [1.29, 1.82) is 0 Å². The van der Waals surface area contributed by atoms with Crippen LogP contribution in [0.15, 0.2) is 0 Å². The van der Waals surface area contributed by atoms with Crippen molar-refractivity contribution < 1.29 is 10.2 Å². The molecule has 0 saturated heterocycles. The van der Waals surface area contributed by atoms with Crippen molar-refractivity contribution in [2.24, 2.45) is 5.92 Å². The summed E-state index contributed by atoms with van der Waals surface area (Å²) < 4.78 is 0. The maximum Gasteiger partial charge on any atom is 0.0587 e. The quantitative estimate of drug-likeness (QED) is 0.611. The highest BCUT2D eigenvalue weighted by Gasteiger charge is 2.11. The van der Waals surface area contributed by atoms with Gasteiger partial charge in [-0.1, -0.05) is 20.3 Å². The molecular weight excluding hydrogens is 128 g/mol. The molecule has 2 heteroatoms. The van der Waals surface area contributed by atoms with Crippen molar-refractivity contribution in [3.63, 3.8) is 0 Å². The molecule has 0 radical (unpaired) electrons. The molecule has 0 saturated carbocycles. The number of rotatable bonds is 5.